The summed E-state index contributed by atoms with van der Waals surface area (Å²) in [5.41, 5.74) is 6.50. The zero-order chi connectivity index (χ0) is 27.8. The Hall–Kier alpha value is -2.16. The Kier molecular flexibility index (Phi) is 15.4. The number of nitrogens with zero attached hydrogens (tertiary/aromatic N) is 2. The van der Waals surface area contributed by atoms with E-state index in [9.17, 15) is 9.59 Å². The number of hydrogen-bond acceptors (Lipinski definition) is 6. The lowest BCUT2D eigenvalue weighted by molar-refractivity contribution is -0.152. The zero-order valence-corrected chi connectivity index (χ0v) is 25.2. The van der Waals surface area contributed by atoms with E-state index in [2.05, 4.69) is 19.1 Å². The molecule has 3 aromatic rings. The number of ether oxygens (including phenoxy) is 1. The van der Waals surface area contributed by atoms with Crippen molar-refractivity contribution >= 4 is 40.6 Å². The highest BCUT2D eigenvalue weighted by Gasteiger charge is 2.14. The Labute approximate surface area is 231 Å². The summed E-state index contributed by atoms with van der Waals surface area (Å²) in [6.07, 6.45) is 8.57. The molecule has 3 rings (SSSR count). The van der Waals surface area contributed by atoms with Gasteiger partial charge in [-0.25, -0.2) is 8.77 Å². The predicted octanol–water partition coefficient (Wildman–Crippen LogP) is 7.29. The van der Waals surface area contributed by atoms with Crippen molar-refractivity contribution in [3.8, 4) is 5.69 Å². The van der Waals surface area contributed by atoms with Crippen molar-refractivity contribution < 1.29 is 9.53 Å². The lowest BCUT2D eigenvalue weighted by Gasteiger charge is -2.18. The first kappa shape index (κ1) is 32.9. The number of thioether (sulfide) groups is 1. The molecule has 0 aliphatic rings. The quantitative estimate of drug-likeness (QED) is 0.163. The Balaban J connectivity index is 0.000000529. The van der Waals surface area contributed by atoms with Gasteiger partial charge in [-0.1, -0.05) is 58.6 Å². The van der Waals surface area contributed by atoms with Crippen LogP contribution in [0.3, 0.4) is 0 Å². The lowest BCUT2D eigenvalue weighted by atomic mass is 10.2. The van der Waals surface area contributed by atoms with Gasteiger partial charge in [0, 0.05) is 11.2 Å². The minimum atomic E-state index is -0.406. The first-order valence-electron chi connectivity index (χ1n) is 13.1. The smallest absolute Gasteiger partial charge is 0.320 e. The zero-order valence-electron chi connectivity index (χ0n) is 23.6. The number of rotatable bonds is 10. The molecule has 206 valence electrons. The molecule has 0 spiro atoms. The monoisotopic (exact) mass is 547 g/mol. The second kappa shape index (κ2) is 17.4. The van der Waals surface area contributed by atoms with Gasteiger partial charge in [0.2, 0.25) is 0 Å². The Morgan fingerprint density at radius 1 is 0.973 bits per heavy atom. The molecule has 0 saturated heterocycles. The van der Waals surface area contributed by atoms with E-state index in [-0.39, 0.29) is 18.1 Å². The van der Waals surface area contributed by atoms with Crippen molar-refractivity contribution in [3.63, 3.8) is 0 Å². The van der Waals surface area contributed by atoms with Gasteiger partial charge >= 0.3 is 5.97 Å². The summed E-state index contributed by atoms with van der Waals surface area (Å²) >= 11 is 3.44. The Bertz CT molecular complexity index is 1120. The number of esters is 1. The largest absolute Gasteiger partial charge is 0.459 e. The number of carbonyl (C=O) groups is 1. The molecule has 37 heavy (non-hydrogen) atoms. The summed E-state index contributed by atoms with van der Waals surface area (Å²) in [6, 6.07) is 16.1. The van der Waals surface area contributed by atoms with Crippen LogP contribution in [0.1, 0.15) is 73.6 Å². The maximum absolute atomic E-state index is 12.8. The van der Waals surface area contributed by atoms with E-state index < -0.39 is 5.60 Å². The normalized spacial score (nSPS) is 10.8. The molecule has 0 atom stereocenters. The number of para-hydroxylation sites is 1. The molecule has 0 radical (unpaired) electrons. The molecule has 0 saturated carbocycles. The van der Waals surface area contributed by atoms with Crippen LogP contribution >= 0.6 is 23.7 Å². The van der Waals surface area contributed by atoms with Crippen molar-refractivity contribution in [3.05, 3.63) is 58.9 Å². The van der Waals surface area contributed by atoms with Gasteiger partial charge in [0.05, 0.1) is 23.1 Å². The van der Waals surface area contributed by atoms with Crippen molar-refractivity contribution in [1.29, 1.82) is 0 Å². The summed E-state index contributed by atoms with van der Waals surface area (Å²) in [4.78, 5) is 24.6. The second-order valence-corrected chi connectivity index (χ2v) is 11.0. The van der Waals surface area contributed by atoms with Crippen molar-refractivity contribution in [2.45, 2.75) is 84.1 Å². The number of fused-ring (bicyclic) bond motifs is 1. The molecule has 2 N–H and O–H groups in total. The van der Waals surface area contributed by atoms with E-state index in [0.717, 1.165) is 22.3 Å². The van der Waals surface area contributed by atoms with E-state index in [1.54, 1.807) is 37.4 Å². The van der Waals surface area contributed by atoms with E-state index >= 15 is 0 Å². The van der Waals surface area contributed by atoms with Crippen LogP contribution in [-0.2, 0) is 9.53 Å². The molecule has 1 aromatic heterocycles. The Morgan fingerprint density at radius 3 is 2.14 bits per heavy atom. The van der Waals surface area contributed by atoms with Crippen molar-refractivity contribution in [2.24, 2.45) is 5.73 Å². The third-order valence-electron chi connectivity index (χ3n) is 5.07. The highest BCUT2D eigenvalue weighted by molar-refractivity contribution is 7.99. The van der Waals surface area contributed by atoms with E-state index in [1.165, 1.54) is 37.0 Å². The molecule has 0 unspecified atom stereocenters. The molecule has 0 amide bonds. The van der Waals surface area contributed by atoms with Gasteiger partial charge in [-0.3, -0.25) is 9.59 Å². The fourth-order valence-corrected chi connectivity index (χ4v) is 5.09. The van der Waals surface area contributed by atoms with Gasteiger partial charge in [-0.2, -0.15) is 0 Å². The highest BCUT2D eigenvalue weighted by atomic mass is 32.2. The number of unbranched alkanes of at least 4 members (excludes halogenated alkanes) is 4. The molecule has 0 fully saturated rings. The maximum Gasteiger partial charge on any atom is 0.320 e. The second-order valence-electron chi connectivity index (χ2n) is 9.14. The van der Waals surface area contributed by atoms with Crippen LogP contribution in [-0.4, -0.2) is 38.9 Å². The topological polar surface area (TPSA) is 79.2 Å². The minimum Gasteiger partial charge on any atom is -0.459 e. The molecule has 0 aliphatic heterocycles. The third-order valence-corrected chi connectivity index (χ3v) is 6.88. The SMILES string of the molecule is CC.CC(C)(C)OC(=O)CN.CCCCCCCSc1ccc(-n2c(=O)c3ccccc3n2SC)cc1. The van der Waals surface area contributed by atoms with E-state index in [1.807, 2.05) is 72.4 Å². The molecular weight excluding hydrogens is 502 g/mol. The molecule has 8 heteroatoms. The van der Waals surface area contributed by atoms with Crippen molar-refractivity contribution in [2.75, 3.05) is 18.6 Å². The minimum absolute atomic E-state index is 0.0336. The fraction of sp³-hybridized carbons (Fsp3) is 0.517. The van der Waals surface area contributed by atoms with Crippen LogP contribution in [0.25, 0.3) is 16.6 Å². The van der Waals surface area contributed by atoms with Gasteiger partial charge in [-0.15, -0.1) is 11.8 Å². The van der Waals surface area contributed by atoms with Crippen LogP contribution in [0, 0.1) is 0 Å². The van der Waals surface area contributed by atoms with Crippen LogP contribution in [0.4, 0.5) is 0 Å². The predicted molar refractivity (Wildman–Crippen MR) is 162 cm³/mol. The van der Waals surface area contributed by atoms with Crippen LogP contribution in [0.2, 0.25) is 0 Å². The first-order chi connectivity index (χ1) is 17.7. The molecule has 0 bridgehead atoms. The first-order valence-corrected chi connectivity index (χ1v) is 15.3. The number of hydrogen-bond donors (Lipinski definition) is 1. The van der Waals surface area contributed by atoms with Gasteiger partial charge in [0.25, 0.3) is 5.56 Å². The highest BCUT2D eigenvalue weighted by Crippen LogP contribution is 2.23. The third kappa shape index (κ3) is 11.0. The van der Waals surface area contributed by atoms with Gasteiger partial charge in [0.15, 0.2) is 0 Å². The van der Waals surface area contributed by atoms with Gasteiger partial charge in [0.1, 0.15) is 5.60 Å². The summed E-state index contributed by atoms with van der Waals surface area (Å²) in [7, 11) is 0. The summed E-state index contributed by atoms with van der Waals surface area (Å²) in [5, 5.41) is 0.757. The maximum atomic E-state index is 12.8. The van der Waals surface area contributed by atoms with Gasteiger partial charge in [-0.05, 0) is 81.3 Å². The average molecular weight is 548 g/mol. The Morgan fingerprint density at radius 2 is 1.59 bits per heavy atom. The molecule has 2 aromatic carbocycles. The number of nitrogens with two attached hydrogens (primary N) is 1. The standard InChI is InChI=1S/C21H26N2OS2.C6H13NO2.C2H6/c1-3-4-5-6-9-16-26-18-14-12-17(13-15-18)22-21(24)19-10-7-8-11-20(19)23(22)25-2;1-6(2,3)9-5(8)4-7;1-2/h7-8,10-15H,3-6,9,16H2,1-2H3;4,7H2,1-3H3;1-2H3. The van der Waals surface area contributed by atoms with Crippen LogP contribution in [0.5, 0.6) is 0 Å². The molecule has 0 aliphatic carbocycles. The number of carbonyl (C=O) groups excluding carboxylic acids is 1. The molecule has 1 heterocycles. The van der Waals surface area contributed by atoms with Crippen molar-refractivity contribution in [1.82, 2.24) is 8.77 Å². The fourth-order valence-electron chi connectivity index (χ4n) is 3.49. The molecule has 6 nitrogen and oxygen atoms in total. The lowest BCUT2D eigenvalue weighted by Crippen LogP contribution is -2.28. The van der Waals surface area contributed by atoms with E-state index in [0.29, 0.717) is 0 Å². The van der Waals surface area contributed by atoms with Crippen LogP contribution in [0.15, 0.2) is 58.2 Å². The van der Waals surface area contributed by atoms with E-state index in [4.69, 9.17) is 10.5 Å². The summed E-state index contributed by atoms with van der Waals surface area (Å²) < 4.78 is 8.55. The summed E-state index contributed by atoms with van der Waals surface area (Å²) in [5.74, 6) is 0.802. The summed E-state index contributed by atoms with van der Waals surface area (Å²) in [6.45, 7) is 11.6. The van der Waals surface area contributed by atoms with Gasteiger partial charge < -0.3 is 10.5 Å². The molecular formula is C29H45N3O3S2. The number of aromatic nitrogens is 2. The van der Waals surface area contributed by atoms with Crippen LogP contribution < -0.4 is 11.3 Å². The number of benzene rings is 2. The average Bonchev–Trinajstić information content (AvgIpc) is 3.18.